The molecule has 1 fully saturated rings. The first-order chi connectivity index (χ1) is 5.58. The summed E-state index contributed by atoms with van der Waals surface area (Å²) in [6, 6.07) is 0.0567. The molecule has 2 N–H and O–H groups in total. The summed E-state index contributed by atoms with van der Waals surface area (Å²) >= 11 is 0. The highest BCUT2D eigenvalue weighted by Crippen LogP contribution is 2.18. The van der Waals surface area contributed by atoms with E-state index in [1.54, 1.807) is 0 Å². The van der Waals surface area contributed by atoms with E-state index in [0.717, 1.165) is 12.8 Å². The SMILES string of the molecule is C[C@@H]1CC(NC(=O)O)C[C@H](C)O1. The molecule has 0 aliphatic carbocycles. The van der Waals surface area contributed by atoms with E-state index >= 15 is 0 Å². The average molecular weight is 173 g/mol. The Morgan fingerprint density at radius 2 is 1.92 bits per heavy atom. The van der Waals surface area contributed by atoms with E-state index < -0.39 is 6.09 Å². The third-order valence-electron chi connectivity index (χ3n) is 2.03. The van der Waals surface area contributed by atoms with Crippen LogP contribution in [0.4, 0.5) is 4.79 Å². The normalized spacial score (nSPS) is 36.0. The topological polar surface area (TPSA) is 58.6 Å². The highest BCUT2D eigenvalue weighted by atomic mass is 16.5. The fourth-order valence-electron chi connectivity index (χ4n) is 1.70. The van der Waals surface area contributed by atoms with Gasteiger partial charge in [0.25, 0.3) is 0 Å². The number of ether oxygens (including phenoxy) is 1. The number of rotatable bonds is 1. The number of hydrogen-bond acceptors (Lipinski definition) is 2. The van der Waals surface area contributed by atoms with Crippen molar-refractivity contribution in [1.29, 1.82) is 0 Å². The van der Waals surface area contributed by atoms with E-state index in [0.29, 0.717) is 0 Å². The smallest absolute Gasteiger partial charge is 0.404 e. The van der Waals surface area contributed by atoms with Gasteiger partial charge in [-0.2, -0.15) is 0 Å². The molecule has 0 radical (unpaired) electrons. The Kier molecular flexibility index (Phi) is 2.92. The Hall–Kier alpha value is -0.770. The highest BCUT2D eigenvalue weighted by Gasteiger charge is 2.25. The molecule has 70 valence electrons. The molecule has 0 aromatic carbocycles. The standard InChI is InChI=1S/C8H15NO3/c1-5-3-7(9-8(10)11)4-6(2)12-5/h5-7,9H,3-4H2,1-2H3,(H,10,11)/t5-,6+,7?. The fourth-order valence-corrected chi connectivity index (χ4v) is 1.70. The van der Waals surface area contributed by atoms with Crippen molar-refractivity contribution in [3.05, 3.63) is 0 Å². The van der Waals surface area contributed by atoms with Crippen molar-refractivity contribution in [2.24, 2.45) is 0 Å². The number of hydrogen-bond donors (Lipinski definition) is 2. The van der Waals surface area contributed by atoms with E-state index in [2.05, 4.69) is 5.32 Å². The molecule has 1 heterocycles. The van der Waals surface area contributed by atoms with Crippen LogP contribution in [0.5, 0.6) is 0 Å². The van der Waals surface area contributed by atoms with Crippen molar-refractivity contribution >= 4 is 6.09 Å². The predicted molar refractivity (Wildman–Crippen MR) is 44.2 cm³/mol. The van der Waals surface area contributed by atoms with Gasteiger partial charge in [0.15, 0.2) is 0 Å². The van der Waals surface area contributed by atoms with Gasteiger partial charge in [0, 0.05) is 6.04 Å². The second-order valence-electron chi connectivity index (χ2n) is 3.38. The number of carbonyl (C=O) groups is 1. The zero-order valence-corrected chi connectivity index (χ0v) is 7.41. The number of amides is 1. The summed E-state index contributed by atoms with van der Waals surface area (Å²) in [7, 11) is 0. The quantitative estimate of drug-likeness (QED) is 0.626. The molecule has 1 saturated heterocycles. The third-order valence-corrected chi connectivity index (χ3v) is 2.03. The van der Waals surface area contributed by atoms with E-state index in [4.69, 9.17) is 9.84 Å². The Labute approximate surface area is 71.9 Å². The van der Waals surface area contributed by atoms with Crippen LogP contribution in [0.15, 0.2) is 0 Å². The Morgan fingerprint density at radius 1 is 1.42 bits per heavy atom. The van der Waals surface area contributed by atoms with Gasteiger partial charge in [-0.1, -0.05) is 0 Å². The lowest BCUT2D eigenvalue weighted by Gasteiger charge is -2.31. The summed E-state index contributed by atoms with van der Waals surface area (Å²) in [5.41, 5.74) is 0. The summed E-state index contributed by atoms with van der Waals surface area (Å²) in [4.78, 5) is 10.3. The summed E-state index contributed by atoms with van der Waals surface area (Å²) in [6.07, 6.45) is 0.922. The molecule has 1 amide bonds. The van der Waals surface area contributed by atoms with Crippen molar-refractivity contribution in [2.75, 3.05) is 0 Å². The lowest BCUT2D eigenvalue weighted by molar-refractivity contribution is -0.0409. The average Bonchev–Trinajstić information content (AvgIpc) is 1.81. The molecule has 12 heavy (non-hydrogen) atoms. The van der Waals surface area contributed by atoms with Crippen LogP contribution in [0, 0.1) is 0 Å². The van der Waals surface area contributed by atoms with E-state index in [1.165, 1.54) is 0 Å². The minimum atomic E-state index is -0.943. The molecule has 0 spiro atoms. The van der Waals surface area contributed by atoms with Gasteiger partial charge in [-0.3, -0.25) is 0 Å². The molecule has 0 saturated carbocycles. The molecule has 1 aliphatic rings. The van der Waals surface area contributed by atoms with Crippen molar-refractivity contribution in [3.8, 4) is 0 Å². The van der Waals surface area contributed by atoms with Gasteiger partial charge >= 0.3 is 6.09 Å². The maximum Gasteiger partial charge on any atom is 0.404 e. The van der Waals surface area contributed by atoms with Crippen molar-refractivity contribution in [2.45, 2.75) is 44.9 Å². The second-order valence-corrected chi connectivity index (χ2v) is 3.38. The molecule has 1 aliphatic heterocycles. The van der Waals surface area contributed by atoms with Crippen molar-refractivity contribution < 1.29 is 14.6 Å². The molecular weight excluding hydrogens is 158 g/mol. The van der Waals surface area contributed by atoms with Crippen LogP contribution in [-0.4, -0.2) is 29.4 Å². The van der Waals surface area contributed by atoms with Gasteiger partial charge in [-0.15, -0.1) is 0 Å². The first-order valence-electron chi connectivity index (χ1n) is 4.23. The third kappa shape index (κ3) is 2.70. The summed E-state index contributed by atoms with van der Waals surface area (Å²) in [6.45, 7) is 3.93. The minimum absolute atomic E-state index is 0.0567. The molecule has 4 heteroatoms. The van der Waals surface area contributed by atoms with Gasteiger partial charge in [0.1, 0.15) is 0 Å². The largest absolute Gasteiger partial charge is 0.465 e. The van der Waals surface area contributed by atoms with Crippen LogP contribution < -0.4 is 5.32 Å². The maximum atomic E-state index is 10.3. The molecular formula is C8H15NO3. The van der Waals surface area contributed by atoms with E-state index in [9.17, 15) is 4.79 Å². The minimum Gasteiger partial charge on any atom is -0.465 e. The van der Waals surface area contributed by atoms with E-state index in [-0.39, 0.29) is 18.2 Å². The Bertz CT molecular complexity index is 162. The van der Waals surface area contributed by atoms with Crippen LogP contribution in [0.1, 0.15) is 26.7 Å². The summed E-state index contributed by atoms with van der Waals surface area (Å²) < 4.78 is 5.47. The predicted octanol–water partition coefficient (Wildman–Crippen LogP) is 1.21. The second kappa shape index (κ2) is 3.76. The molecule has 0 aromatic rings. The van der Waals surface area contributed by atoms with Crippen LogP contribution in [0.3, 0.4) is 0 Å². The highest BCUT2D eigenvalue weighted by molar-refractivity contribution is 5.64. The van der Waals surface area contributed by atoms with Crippen LogP contribution in [0.25, 0.3) is 0 Å². The van der Waals surface area contributed by atoms with Gasteiger partial charge in [0.2, 0.25) is 0 Å². The van der Waals surface area contributed by atoms with Crippen molar-refractivity contribution in [3.63, 3.8) is 0 Å². The number of nitrogens with one attached hydrogen (secondary N) is 1. The zero-order chi connectivity index (χ0) is 9.14. The Morgan fingerprint density at radius 3 is 2.33 bits per heavy atom. The van der Waals surface area contributed by atoms with Crippen molar-refractivity contribution in [1.82, 2.24) is 5.32 Å². The monoisotopic (exact) mass is 173 g/mol. The van der Waals surface area contributed by atoms with Gasteiger partial charge in [-0.05, 0) is 26.7 Å². The Balaban J connectivity index is 2.38. The maximum absolute atomic E-state index is 10.3. The molecule has 0 bridgehead atoms. The first kappa shape index (κ1) is 9.32. The fraction of sp³-hybridized carbons (Fsp3) is 0.875. The van der Waals surface area contributed by atoms with Gasteiger partial charge in [-0.25, -0.2) is 4.79 Å². The zero-order valence-electron chi connectivity index (χ0n) is 7.41. The lowest BCUT2D eigenvalue weighted by atomic mass is 10.0. The number of carboxylic acid groups (broad SMARTS) is 1. The first-order valence-corrected chi connectivity index (χ1v) is 4.23. The summed E-state index contributed by atoms with van der Waals surface area (Å²) in [5.74, 6) is 0. The summed E-state index contributed by atoms with van der Waals surface area (Å²) in [5, 5.41) is 11.0. The van der Waals surface area contributed by atoms with Crippen LogP contribution >= 0.6 is 0 Å². The molecule has 0 aromatic heterocycles. The molecule has 1 rings (SSSR count). The van der Waals surface area contributed by atoms with E-state index in [1.807, 2.05) is 13.8 Å². The van der Waals surface area contributed by atoms with Crippen LogP contribution in [0.2, 0.25) is 0 Å². The molecule has 4 nitrogen and oxygen atoms in total. The molecule has 3 atom stereocenters. The van der Waals surface area contributed by atoms with Gasteiger partial charge < -0.3 is 15.2 Å². The molecule has 1 unspecified atom stereocenters. The lowest BCUT2D eigenvalue weighted by Crippen LogP contribution is -2.43. The van der Waals surface area contributed by atoms with Crippen LogP contribution in [-0.2, 0) is 4.74 Å². The van der Waals surface area contributed by atoms with Gasteiger partial charge in [0.05, 0.1) is 12.2 Å².